The Kier molecular flexibility index (Phi) is 3.91. The smallest absolute Gasteiger partial charge is 0.332 e. The van der Waals surface area contributed by atoms with Crippen LogP contribution in [0.2, 0.25) is 0 Å². The van der Waals surface area contributed by atoms with Gasteiger partial charge in [-0.05, 0) is 31.4 Å². The van der Waals surface area contributed by atoms with Crippen molar-refractivity contribution in [3.8, 4) is 0 Å². The van der Waals surface area contributed by atoms with Gasteiger partial charge in [0.1, 0.15) is 0 Å². The molecule has 0 saturated carbocycles. The maximum absolute atomic E-state index is 12.3. The van der Waals surface area contributed by atoms with Crippen molar-refractivity contribution in [2.45, 2.75) is 36.9 Å². The average molecular weight is 284 g/mol. The van der Waals surface area contributed by atoms with Crippen molar-refractivity contribution in [2.75, 3.05) is 5.75 Å². The van der Waals surface area contributed by atoms with Gasteiger partial charge in [-0.25, -0.2) is 13.2 Å². The second kappa shape index (κ2) is 5.30. The fourth-order valence-corrected chi connectivity index (χ4v) is 4.01. The Hall–Kier alpha value is -1.40. The molecule has 1 saturated heterocycles. The summed E-state index contributed by atoms with van der Waals surface area (Å²) in [5, 5.41) is 8.82. The van der Waals surface area contributed by atoms with E-state index in [1.165, 1.54) is 0 Å². The Bertz CT molecular complexity index is 578. The van der Waals surface area contributed by atoms with Crippen LogP contribution < -0.4 is 0 Å². The summed E-state index contributed by atoms with van der Waals surface area (Å²) in [5.74, 6) is -1.20. The number of rotatable bonds is 4. The summed E-state index contributed by atoms with van der Waals surface area (Å²) in [7, 11) is -3.44. The van der Waals surface area contributed by atoms with Crippen LogP contribution in [0.5, 0.6) is 0 Å². The molecule has 6 heteroatoms. The number of hydrogen-bond acceptors (Lipinski definition) is 4. The van der Waals surface area contributed by atoms with E-state index >= 15 is 0 Å². The monoisotopic (exact) mass is 284 g/mol. The molecule has 2 atom stereocenters. The molecule has 1 aliphatic rings. The van der Waals surface area contributed by atoms with Crippen LogP contribution >= 0.6 is 0 Å². The van der Waals surface area contributed by atoms with E-state index < -0.39 is 28.0 Å². The maximum Gasteiger partial charge on any atom is 0.332 e. The van der Waals surface area contributed by atoms with Gasteiger partial charge < -0.3 is 9.84 Å². The predicted molar refractivity (Wildman–Crippen MR) is 68.8 cm³/mol. The first-order chi connectivity index (χ1) is 8.90. The van der Waals surface area contributed by atoms with Crippen LogP contribution in [-0.2, 0) is 19.4 Å². The van der Waals surface area contributed by atoms with Crippen LogP contribution in [0.15, 0.2) is 29.2 Å². The Morgan fingerprint density at radius 2 is 2.05 bits per heavy atom. The lowest BCUT2D eigenvalue weighted by Crippen LogP contribution is -2.25. The van der Waals surface area contributed by atoms with Crippen molar-refractivity contribution < 1.29 is 23.1 Å². The minimum absolute atomic E-state index is 0.165. The predicted octanol–water partition coefficient (Wildman–Crippen LogP) is 1.40. The van der Waals surface area contributed by atoms with Crippen LogP contribution in [0.1, 0.15) is 18.4 Å². The lowest BCUT2D eigenvalue weighted by Gasteiger charge is -2.13. The topological polar surface area (TPSA) is 80.7 Å². The van der Waals surface area contributed by atoms with E-state index in [1.54, 1.807) is 31.2 Å². The first-order valence-corrected chi connectivity index (χ1v) is 7.72. The summed E-state index contributed by atoms with van der Waals surface area (Å²) in [5.41, 5.74) is 0.690. The third-order valence-corrected chi connectivity index (χ3v) is 5.16. The van der Waals surface area contributed by atoms with Crippen molar-refractivity contribution in [2.24, 2.45) is 0 Å². The van der Waals surface area contributed by atoms with Gasteiger partial charge in [-0.1, -0.05) is 18.2 Å². The highest BCUT2D eigenvalue weighted by molar-refractivity contribution is 7.91. The highest BCUT2D eigenvalue weighted by Crippen LogP contribution is 2.24. The zero-order chi connectivity index (χ0) is 14.0. The lowest BCUT2D eigenvalue weighted by molar-refractivity contribution is -0.148. The zero-order valence-electron chi connectivity index (χ0n) is 10.6. The first-order valence-electron chi connectivity index (χ1n) is 6.07. The number of carboxylic acid groups (broad SMARTS) is 1. The molecule has 1 aromatic carbocycles. The summed E-state index contributed by atoms with van der Waals surface area (Å²) in [4.78, 5) is 11.1. The second-order valence-electron chi connectivity index (χ2n) is 4.71. The van der Waals surface area contributed by atoms with Crippen LogP contribution in [0, 0.1) is 6.92 Å². The minimum atomic E-state index is -3.44. The van der Waals surface area contributed by atoms with E-state index in [4.69, 9.17) is 9.84 Å². The van der Waals surface area contributed by atoms with Crippen molar-refractivity contribution in [3.05, 3.63) is 29.8 Å². The zero-order valence-corrected chi connectivity index (χ0v) is 11.4. The molecule has 1 aromatic rings. The average Bonchev–Trinajstić information content (AvgIpc) is 2.77. The van der Waals surface area contributed by atoms with Gasteiger partial charge in [0, 0.05) is 0 Å². The van der Waals surface area contributed by atoms with E-state index in [0.717, 1.165) is 0 Å². The molecular formula is C13H16O5S. The van der Waals surface area contributed by atoms with Gasteiger partial charge in [0.15, 0.2) is 15.9 Å². The van der Waals surface area contributed by atoms with E-state index in [-0.39, 0.29) is 10.6 Å². The molecule has 0 spiro atoms. The fourth-order valence-electron chi connectivity index (χ4n) is 2.25. The number of benzene rings is 1. The van der Waals surface area contributed by atoms with Crippen molar-refractivity contribution in [3.63, 3.8) is 0 Å². The highest BCUT2D eigenvalue weighted by Gasteiger charge is 2.34. The fraction of sp³-hybridized carbons (Fsp3) is 0.462. The highest BCUT2D eigenvalue weighted by atomic mass is 32.2. The summed E-state index contributed by atoms with van der Waals surface area (Å²) in [6.07, 6.45) is -0.589. The quantitative estimate of drug-likeness (QED) is 0.904. The Balaban J connectivity index is 2.11. The molecule has 2 rings (SSSR count). The molecule has 1 aliphatic heterocycles. The van der Waals surface area contributed by atoms with Crippen LogP contribution in [0.4, 0.5) is 0 Å². The SMILES string of the molecule is Cc1ccccc1S(=O)(=O)CC1CCC(C(=O)O)O1. The van der Waals surface area contributed by atoms with Crippen molar-refractivity contribution in [1.82, 2.24) is 0 Å². The van der Waals surface area contributed by atoms with Crippen LogP contribution in [-0.4, -0.2) is 37.5 Å². The number of ether oxygens (including phenoxy) is 1. The molecule has 5 nitrogen and oxygen atoms in total. The van der Waals surface area contributed by atoms with Crippen molar-refractivity contribution in [1.29, 1.82) is 0 Å². The minimum Gasteiger partial charge on any atom is -0.479 e. The Morgan fingerprint density at radius 1 is 1.37 bits per heavy atom. The standard InChI is InChI=1S/C13H16O5S/c1-9-4-2-3-5-12(9)19(16,17)8-10-6-7-11(18-10)13(14)15/h2-5,10-11H,6-8H2,1H3,(H,14,15). The summed E-state index contributed by atoms with van der Waals surface area (Å²) < 4.78 is 29.8. The molecule has 0 aromatic heterocycles. The van der Waals surface area contributed by atoms with E-state index in [9.17, 15) is 13.2 Å². The molecular weight excluding hydrogens is 268 g/mol. The first kappa shape index (κ1) is 14.0. The van der Waals surface area contributed by atoms with Gasteiger partial charge in [0.05, 0.1) is 16.8 Å². The lowest BCUT2D eigenvalue weighted by atomic mass is 10.2. The molecule has 1 N–H and O–H groups in total. The third kappa shape index (κ3) is 3.13. The van der Waals surface area contributed by atoms with Gasteiger partial charge in [-0.3, -0.25) is 0 Å². The molecule has 1 heterocycles. The molecule has 0 bridgehead atoms. The maximum atomic E-state index is 12.3. The van der Waals surface area contributed by atoms with Gasteiger partial charge in [0.25, 0.3) is 0 Å². The third-order valence-electron chi connectivity index (χ3n) is 3.22. The van der Waals surface area contributed by atoms with Crippen molar-refractivity contribution >= 4 is 15.8 Å². The largest absolute Gasteiger partial charge is 0.479 e. The molecule has 0 aliphatic carbocycles. The number of carbonyl (C=O) groups is 1. The van der Waals surface area contributed by atoms with Gasteiger partial charge in [-0.15, -0.1) is 0 Å². The van der Waals surface area contributed by atoms with Crippen LogP contribution in [0.25, 0.3) is 0 Å². The molecule has 0 radical (unpaired) electrons. The van der Waals surface area contributed by atoms with Gasteiger partial charge in [-0.2, -0.15) is 0 Å². The normalized spacial score (nSPS) is 23.4. The van der Waals surface area contributed by atoms with Crippen LogP contribution in [0.3, 0.4) is 0 Å². The number of sulfone groups is 1. The molecule has 2 unspecified atom stereocenters. The van der Waals surface area contributed by atoms with E-state index in [0.29, 0.717) is 18.4 Å². The molecule has 104 valence electrons. The van der Waals surface area contributed by atoms with Gasteiger partial charge in [0.2, 0.25) is 0 Å². The molecule has 0 amide bonds. The Morgan fingerprint density at radius 3 is 2.63 bits per heavy atom. The number of aliphatic carboxylic acids is 1. The number of hydrogen-bond donors (Lipinski definition) is 1. The summed E-state index contributed by atoms with van der Waals surface area (Å²) in [6, 6.07) is 6.76. The molecule has 19 heavy (non-hydrogen) atoms. The second-order valence-corrected chi connectivity index (χ2v) is 6.71. The number of carboxylic acids is 1. The molecule has 1 fully saturated rings. The Labute approximate surface area is 112 Å². The summed E-state index contributed by atoms with van der Waals surface area (Å²) in [6.45, 7) is 1.74. The number of aryl methyl sites for hydroxylation is 1. The van der Waals surface area contributed by atoms with E-state index in [1.807, 2.05) is 0 Å². The summed E-state index contributed by atoms with van der Waals surface area (Å²) >= 11 is 0. The van der Waals surface area contributed by atoms with E-state index in [2.05, 4.69) is 0 Å². The van der Waals surface area contributed by atoms with Gasteiger partial charge >= 0.3 is 5.97 Å².